The average Bonchev–Trinajstić information content (AvgIpc) is 3.40. The number of nitrogens with zero attached hydrogens (tertiary/aromatic N) is 1. The van der Waals surface area contributed by atoms with Crippen LogP contribution in [0.15, 0.2) is 109 Å². The van der Waals surface area contributed by atoms with Crippen LogP contribution in [0, 0.1) is 0 Å². The van der Waals surface area contributed by atoms with Crippen molar-refractivity contribution < 1.29 is 0 Å². The molecule has 1 aromatic heterocycles. The molecular weight excluding hydrogens is 473 g/mol. The standard InChI is InChI=1S/C30H19B5N2P/c1-2-9-19(10-3-1)36-38(33-31-34(38)35(33)38)20-17-24-22-12-5-7-15-27(22)37-28-16-8-13-23-21-11-4-6-14-25(21)32(29(23)28)26(18-20)30(24)37/h1-18,36H/q-1. The molecular formula is C30H19B5N2P-. The van der Waals surface area contributed by atoms with Gasteiger partial charge in [0.15, 0.2) is 0 Å². The molecule has 6 aliphatic heterocycles. The van der Waals surface area contributed by atoms with Crippen molar-refractivity contribution in [3.63, 3.8) is 0 Å². The van der Waals surface area contributed by atoms with Gasteiger partial charge >= 0.3 is 224 Å². The van der Waals surface area contributed by atoms with Crippen LogP contribution in [0.2, 0.25) is 0 Å². The average molecular weight is 493 g/mol. The summed E-state index contributed by atoms with van der Waals surface area (Å²) in [7, 11) is 2.63. The van der Waals surface area contributed by atoms with Crippen LogP contribution in [0.5, 0.6) is 0 Å². The summed E-state index contributed by atoms with van der Waals surface area (Å²) >= 11 is 0. The van der Waals surface area contributed by atoms with Crippen molar-refractivity contribution in [2.45, 2.75) is 0 Å². The predicted octanol–water partition coefficient (Wildman–Crippen LogP) is 3.67. The van der Waals surface area contributed by atoms with Gasteiger partial charge in [-0.1, -0.05) is 0 Å². The molecule has 12 rings (SSSR count). The van der Waals surface area contributed by atoms with E-state index >= 15 is 0 Å². The molecule has 4 fully saturated rings. The Morgan fingerprint density at radius 1 is 0.684 bits per heavy atom. The SMILES string of the molecule is [B-]1B2B3B1P23(Nc1ccccc1)c1cc2c3c(c1)c1ccccc1n3-c1cccc3c1B2c1ccccc1-3. The number of aromatic nitrogens is 1. The molecule has 6 aromatic rings. The van der Waals surface area contributed by atoms with E-state index in [2.05, 4.69) is 126 Å². The molecule has 0 atom stereocenters. The van der Waals surface area contributed by atoms with Crippen molar-refractivity contribution in [3.05, 3.63) is 109 Å². The molecule has 0 amide bonds. The molecule has 0 saturated carbocycles. The number of hydrogen-bond acceptors (Lipinski definition) is 1. The van der Waals surface area contributed by atoms with E-state index in [0.717, 1.165) is 18.6 Å². The van der Waals surface area contributed by atoms with Gasteiger partial charge in [0, 0.05) is 0 Å². The van der Waals surface area contributed by atoms with Crippen LogP contribution in [-0.2, 0) is 0 Å². The molecule has 170 valence electrons. The van der Waals surface area contributed by atoms with E-state index in [1.54, 1.807) is 5.30 Å². The minimum absolute atomic E-state index is 0.297. The minimum atomic E-state index is -2.16. The Balaban J connectivity index is 1.28. The van der Waals surface area contributed by atoms with Crippen molar-refractivity contribution in [2.24, 2.45) is 0 Å². The number of anilines is 1. The first-order chi connectivity index (χ1) is 18.8. The fourth-order valence-electron chi connectivity index (χ4n) is 9.14. The Morgan fingerprint density at radius 3 is 2.29 bits per heavy atom. The van der Waals surface area contributed by atoms with Gasteiger partial charge in [0.1, 0.15) is 0 Å². The maximum absolute atomic E-state index is 4.26. The summed E-state index contributed by atoms with van der Waals surface area (Å²) < 4.78 is 2.57. The van der Waals surface area contributed by atoms with Gasteiger partial charge < -0.3 is 0 Å². The van der Waals surface area contributed by atoms with E-state index < -0.39 is 6.39 Å². The van der Waals surface area contributed by atoms with Gasteiger partial charge in [-0.3, -0.25) is 0 Å². The summed E-state index contributed by atoms with van der Waals surface area (Å²) in [5.74, 6) is 0. The monoisotopic (exact) mass is 493 g/mol. The van der Waals surface area contributed by atoms with Crippen LogP contribution in [0.3, 0.4) is 0 Å². The molecule has 1 N–H and O–H groups in total. The molecule has 8 heteroatoms. The summed E-state index contributed by atoms with van der Waals surface area (Å²) in [4.78, 5) is 0. The zero-order valence-electron chi connectivity index (χ0n) is 20.7. The van der Waals surface area contributed by atoms with Crippen molar-refractivity contribution in [1.29, 1.82) is 0 Å². The second-order valence-electron chi connectivity index (χ2n) is 12.0. The Labute approximate surface area is 223 Å². The van der Waals surface area contributed by atoms with Crippen LogP contribution < -0.4 is 26.8 Å². The van der Waals surface area contributed by atoms with Gasteiger partial charge in [0.05, 0.1) is 0 Å². The first kappa shape index (κ1) is 19.5. The van der Waals surface area contributed by atoms with E-state index in [1.807, 2.05) is 0 Å². The van der Waals surface area contributed by atoms with Gasteiger partial charge in [0.2, 0.25) is 0 Å². The molecule has 2 nitrogen and oxygen atoms in total. The number of benzene rings is 5. The normalized spacial score (nSPS) is 19.8. The quantitative estimate of drug-likeness (QED) is 0.294. The predicted molar refractivity (Wildman–Crippen MR) is 171 cm³/mol. The van der Waals surface area contributed by atoms with Gasteiger partial charge in [-0.2, -0.15) is 0 Å². The van der Waals surface area contributed by atoms with Gasteiger partial charge in [-0.15, -0.1) is 0 Å². The zero-order chi connectivity index (χ0) is 24.4. The number of rotatable bonds is 3. The number of hydrogen-bond donors (Lipinski definition) is 1. The molecule has 0 aliphatic carbocycles. The van der Waals surface area contributed by atoms with E-state index in [0.29, 0.717) is 6.71 Å². The van der Waals surface area contributed by atoms with E-state index in [-0.39, 0.29) is 0 Å². The van der Waals surface area contributed by atoms with Gasteiger partial charge in [-0.05, 0) is 0 Å². The number of fused-ring (bicyclic) bond motifs is 8. The van der Waals surface area contributed by atoms with Crippen molar-refractivity contribution in [2.75, 3.05) is 5.09 Å². The van der Waals surface area contributed by atoms with Crippen LogP contribution in [0.1, 0.15) is 0 Å². The molecule has 5 aromatic carbocycles. The van der Waals surface area contributed by atoms with Crippen molar-refractivity contribution in [3.8, 4) is 16.8 Å². The summed E-state index contributed by atoms with van der Waals surface area (Å²) in [6.45, 7) is 0.297. The Kier molecular flexibility index (Phi) is 3.02. The van der Waals surface area contributed by atoms with Crippen molar-refractivity contribution >= 4 is 88.0 Å². The second-order valence-corrected chi connectivity index (χ2v) is 17.2. The first-order valence-electron chi connectivity index (χ1n) is 13.8. The number of para-hydroxylation sites is 2. The zero-order valence-corrected chi connectivity index (χ0v) is 21.6. The molecule has 2 radical (unpaired) electrons. The van der Waals surface area contributed by atoms with Crippen LogP contribution in [0.4, 0.5) is 5.69 Å². The Morgan fingerprint density at radius 2 is 1.45 bits per heavy atom. The molecule has 4 saturated heterocycles. The maximum atomic E-state index is 4.26. The van der Waals surface area contributed by atoms with Gasteiger partial charge in [0.25, 0.3) is 0 Å². The van der Waals surface area contributed by atoms with Gasteiger partial charge in [-0.25, -0.2) is 0 Å². The third kappa shape index (κ3) is 1.78. The summed E-state index contributed by atoms with van der Waals surface area (Å²) in [5, 5.41) is 8.69. The summed E-state index contributed by atoms with van der Waals surface area (Å²) in [5.41, 5.74) is 12.7. The van der Waals surface area contributed by atoms with Crippen LogP contribution >= 0.6 is 6.39 Å². The third-order valence-corrected chi connectivity index (χ3v) is 17.8. The number of nitrogens with one attached hydrogen (secondary N) is 1. The Hall–Kier alpha value is -3.55. The topological polar surface area (TPSA) is 17.0 Å². The summed E-state index contributed by atoms with van der Waals surface area (Å²) in [6, 6.07) is 41.4. The van der Waals surface area contributed by atoms with E-state index in [1.165, 1.54) is 60.7 Å². The van der Waals surface area contributed by atoms with Crippen LogP contribution in [0.25, 0.3) is 38.6 Å². The molecule has 38 heavy (non-hydrogen) atoms. The van der Waals surface area contributed by atoms with Crippen molar-refractivity contribution in [1.82, 2.24) is 4.57 Å². The first-order valence-corrected chi connectivity index (χ1v) is 16.2. The third-order valence-electron chi connectivity index (χ3n) is 10.8. The fraction of sp³-hybridized carbons (Fsp3) is 0. The molecule has 2 bridgehead atoms. The second kappa shape index (κ2) is 5.87. The molecule has 0 unspecified atom stereocenters. The molecule has 7 heterocycles. The molecule has 0 spiro atoms. The Bertz CT molecular complexity index is 2090. The van der Waals surface area contributed by atoms with E-state index in [9.17, 15) is 0 Å². The fourth-order valence-corrected chi connectivity index (χ4v) is 17.2. The van der Waals surface area contributed by atoms with Crippen LogP contribution in [-0.4, -0.2) is 37.0 Å². The molecule has 6 aliphatic rings. The van der Waals surface area contributed by atoms with E-state index in [4.69, 9.17) is 0 Å². The summed E-state index contributed by atoms with van der Waals surface area (Å²) in [6.07, 6.45) is 0.247.